The van der Waals surface area contributed by atoms with Crippen LogP contribution in [0.4, 0.5) is 16.2 Å². The summed E-state index contributed by atoms with van der Waals surface area (Å²) in [7, 11) is 1.45. The van der Waals surface area contributed by atoms with Crippen LogP contribution in [0.15, 0.2) is 71.6 Å². The van der Waals surface area contributed by atoms with Gasteiger partial charge in [-0.25, -0.2) is 0 Å². The molecule has 1 aliphatic heterocycles. The smallest absolute Gasteiger partial charge is 0.293 e. The molecule has 0 spiro atoms. The van der Waals surface area contributed by atoms with Gasteiger partial charge in [0.2, 0.25) is 0 Å². The first kappa shape index (κ1) is 28.2. The van der Waals surface area contributed by atoms with E-state index in [4.69, 9.17) is 14.2 Å². The minimum Gasteiger partial charge on any atom is -0.493 e. The molecule has 3 amide bonds. The number of nitrogens with one attached hydrogen (secondary N) is 1. The maximum atomic E-state index is 12.9. The maximum Gasteiger partial charge on any atom is 0.293 e. The second kappa shape index (κ2) is 12.8. The van der Waals surface area contributed by atoms with Gasteiger partial charge in [-0.3, -0.25) is 29.4 Å². The largest absolute Gasteiger partial charge is 0.493 e. The number of nitro groups is 1. The average Bonchev–Trinajstić information content (AvgIpc) is 3.20. The normalized spacial score (nSPS) is 13.8. The number of carbonyl (C=O) groups excluding carboxylic acids is 3. The third kappa shape index (κ3) is 6.77. The zero-order chi connectivity index (χ0) is 28.6. The minimum atomic E-state index is -0.519. The highest BCUT2D eigenvalue weighted by molar-refractivity contribution is 8.18. The Balaban J connectivity index is 1.40. The van der Waals surface area contributed by atoms with Crippen LogP contribution < -0.4 is 19.5 Å². The number of thioether (sulfide) groups is 1. The van der Waals surface area contributed by atoms with Crippen molar-refractivity contribution in [1.29, 1.82) is 0 Å². The first-order valence-electron chi connectivity index (χ1n) is 12.1. The number of ether oxygens (including phenoxy) is 3. The van der Waals surface area contributed by atoms with Gasteiger partial charge in [0, 0.05) is 12.1 Å². The molecule has 0 saturated carbocycles. The van der Waals surface area contributed by atoms with E-state index in [2.05, 4.69) is 5.32 Å². The lowest BCUT2D eigenvalue weighted by Crippen LogP contribution is -2.27. The summed E-state index contributed by atoms with van der Waals surface area (Å²) in [5, 5.41) is 13.2. The Morgan fingerprint density at radius 3 is 2.48 bits per heavy atom. The molecule has 1 aliphatic rings. The van der Waals surface area contributed by atoms with Gasteiger partial charge in [-0.2, -0.15) is 0 Å². The fraction of sp³-hybridized carbons (Fsp3) is 0.179. The number of amides is 3. The van der Waals surface area contributed by atoms with Crippen LogP contribution in [-0.4, -0.2) is 47.2 Å². The van der Waals surface area contributed by atoms with E-state index in [0.717, 1.165) is 16.7 Å². The van der Waals surface area contributed by atoms with Crippen LogP contribution in [0.2, 0.25) is 0 Å². The standard InChI is InChI=1S/C28H25N3O8S/c1-3-38-22-7-5-4-6-21(22)29-26(32)17-39-23-13-10-19(14-24(23)37-2)15-25-27(33)30(28(34)40-25)16-18-8-11-20(12-9-18)31(35)36/h4-15H,3,16-17H2,1-2H3,(H,29,32)/b25-15+. The van der Waals surface area contributed by atoms with Gasteiger partial charge in [-0.15, -0.1) is 0 Å². The molecule has 3 aromatic rings. The molecular formula is C28H25N3O8S. The van der Waals surface area contributed by atoms with Crippen molar-refractivity contribution in [3.05, 3.63) is 92.9 Å². The molecule has 40 heavy (non-hydrogen) atoms. The number of hydrogen-bond donors (Lipinski definition) is 1. The van der Waals surface area contributed by atoms with Crippen LogP contribution in [0.1, 0.15) is 18.1 Å². The monoisotopic (exact) mass is 563 g/mol. The molecular weight excluding hydrogens is 538 g/mol. The number of para-hydroxylation sites is 2. The number of anilines is 1. The van der Waals surface area contributed by atoms with Crippen LogP contribution in [0.5, 0.6) is 17.2 Å². The summed E-state index contributed by atoms with van der Waals surface area (Å²) in [6.45, 7) is 2.02. The second-order valence-electron chi connectivity index (χ2n) is 8.37. The van der Waals surface area contributed by atoms with E-state index in [1.165, 1.54) is 31.4 Å². The molecule has 1 fully saturated rings. The predicted octanol–water partition coefficient (Wildman–Crippen LogP) is 5.26. The quantitative estimate of drug-likeness (QED) is 0.188. The van der Waals surface area contributed by atoms with Gasteiger partial charge in [0.25, 0.3) is 22.7 Å². The number of benzene rings is 3. The van der Waals surface area contributed by atoms with Crippen molar-refractivity contribution in [3.63, 3.8) is 0 Å². The van der Waals surface area contributed by atoms with Gasteiger partial charge in [-0.05, 0) is 60.2 Å². The Kier molecular flexibility index (Phi) is 9.02. The van der Waals surface area contributed by atoms with Gasteiger partial charge in [0.05, 0.1) is 35.8 Å². The zero-order valence-electron chi connectivity index (χ0n) is 21.6. The summed E-state index contributed by atoms with van der Waals surface area (Å²) in [4.78, 5) is 49.5. The molecule has 1 N–H and O–H groups in total. The molecule has 12 heteroatoms. The van der Waals surface area contributed by atoms with Crippen molar-refractivity contribution in [1.82, 2.24) is 4.90 Å². The molecule has 206 valence electrons. The SMILES string of the molecule is CCOc1ccccc1NC(=O)COc1ccc(/C=C2/SC(=O)N(Cc3ccc([N+](=O)[O-])cc3)C2=O)cc1OC. The predicted molar refractivity (Wildman–Crippen MR) is 149 cm³/mol. The molecule has 0 bridgehead atoms. The molecule has 0 aliphatic carbocycles. The molecule has 1 saturated heterocycles. The van der Waals surface area contributed by atoms with Crippen LogP contribution in [0.25, 0.3) is 6.08 Å². The van der Waals surface area contributed by atoms with E-state index in [9.17, 15) is 24.5 Å². The van der Waals surface area contributed by atoms with Crippen LogP contribution in [0.3, 0.4) is 0 Å². The third-order valence-corrected chi connectivity index (χ3v) is 6.57. The van der Waals surface area contributed by atoms with Gasteiger partial charge in [0.1, 0.15) is 5.75 Å². The zero-order valence-corrected chi connectivity index (χ0v) is 22.4. The second-order valence-corrected chi connectivity index (χ2v) is 9.36. The summed E-state index contributed by atoms with van der Waals surface area (Å²) in [6, 6.07) is 17.6. The van der Waals surface area contributed by atoms with E-state index < -0.39 is 16.1 Å². The van der Waals surface area contributed by atoms with E-state index in [1.54, 1.807) is 42.5 Å². The van der Waals surface area contributed by atoms with Gasteiger partial charge in [0.15, 0.2) is 18.1 Å². The van der Waals surface area contributed by atoms with Crippen LogP contribution in [0, 0.1) is 10.1 Å². The van der Waals surface area contributed by atoms with Crippen molar-refractivity contribution in [2.45, 2.75) is 13.5 Å². The average molecular weight is 564 g/mol. The highest BCUT2D eigenvalue weighted by atomic mass is 32.2. The first-order chi connectivity index (χ1) is 19.3. The number of imide groups is 1. The number of non-ortho nitro benzene ring substituents is 1. The van der Waals surface area contributed by atoms with Crippen molar-refractivity contribution in [3.8, 4) is 17.2 Å². The fourth-order valence-corrected chi connectivity index (χ4v) is 4.61. The molecule has 0 atom stereocenters. The molecule has 4 rings (SSSR count). The van der Waals surface area contributed by atoms with Gasteiger partial charge in [-0.1, -0.05) is 30.3 Å². The number of nitro benzene ring substituents is 1. The Labute approximate surface area is 233 Å². The maximum absolute atomic E-state index is 12.9. The van der Waals surface area contributed by atoms with E-state index in [-0.39, 0.29) is 29.7 Å². The lowest BCUT2D eigenvalue weighted by molar-refractivity contribution is -0.384. The van der Waals surface area contributed by atoms with Crippen molar-refractivity contribution >= 4 is 46.3 Å². The molecule has 0 radical (unpaired) electrons. The van der Waals surface area contributed by atoms with Crippen molar-refractivity contribution in [2.24, 2.45) is 0 Å². The number of rotatable bonds is 11. The highest BCUT2D eigenvalue weighted by Crippen LogP contribution is 2.35. The summed E-state index contributed by atoms with van der Waals surface area (Å²) < 4.78 is 16.6. The van der Waals surface area contributed by atoms with Crippen molar-refractivity contribution < 1.29 is 33.5 Å². The lowest BCUT2D eigenvalue weighted by atomic mass is 10.1. The van der Waals surface area contributed by atoms with Crippen LogP contribution in [-0.2, 0) is 16.1 Å². The summed E-state index contributed by atoms with van der Waals surface area (Å²) >= 11 is 0.796. The Morgan fingerprint density at radius 2 is 1.77 bits per heavy atom. The number of methoxy groups -OCH3 is 1. The minimum absolute atomic E-state index is 0.00674. The van der Waals surface area contributed by atoms with E-state index in [1.807, 2.05) is 13.0 Å². The Hall–Kier alpha value is -4.84. The summed E-state index contributed by atoms with van der Waals surface area (Å²) in [5.74, 6) is 0.342. The highest BCUT2D eigenvalue weighted by Gasteiger charge is 2.35. The molecule has 11 nitrogen and oxygen atoms in total. The molecule has 3 aromatic carbocycles. The fourth-order valence-electron chi connectivity index (χ4n) is 3.77. The third-order valence-electron chi connectivity index (χ3n) is 5.67. The lowest BCUT2D eigenvalue weighted by Gasteiger charge is -2.13. The molecule has 0 aromatic heterocycles. The Morgan fingerprint density at radius 1 is 1.02 bits per heavy atom. The van der Waals surface area contributed by atoms with E-state index in [0.29, 0.717) is 40.7 Å². The van der Waals surface area contributed by atoms with E-state index >= 15 is 0 Å². The summed E-state index contributed by atoms with van der Waals surface area (Å²) in [5.41, 5.74) is 1.62. The molecule has 0 unspecified atom stereocenters. The first-order valence-corrected chi connectivity index (χ1v) is 12.9. The van der Waals surface area contributed by atoms with Crippen LogP contribution >= 0.6 is 11.8 Å². The number of hydrogen-bond acceptors (Lipinski definition) is 9. The topological polar surface area (TPSA) is 137 Å². The number of nitrogens with zero attached hydrogens (tertiary/aromatic N) is 2. The van der Waals surface area contributed by atoms with Gasteiger partial charge < -0.3 is 19.5 Å². The van der Waals surface area contributed by atoms with Crippen molar-refractivity contribution in [2.75, 3.05) is 25.6 Å². The Bertz CT molecular complexity index is 1470. The summed E-state index contributed by atoms with van der Waals surface area (Å²) in [6.07, 6.45) is 1.56. The number of carbonyl (C=O) groups is 3. The van der Waals surface area contributed by atoms with Gasteiger partial charge >= 0.3 is 0 Å². The molecule has 1 heterocycles.